The zero-order chi connectivity index (χ0) is 54.5. The molecule has 0 fully saturated rings. The zero-order valence-electron chi connectivity index (χ0n) is 47.9. The first-order valence-corrected chi connectivity index (χ1v) is 28.4. The number of hydrogen-bond donors (Lipinski definition) is 0. The van der Waals surface area contributed by atoms with E-state index in [0.717, 1.165) is 0 Å². The molecule has 0 heterocycles. The molecule has 0 amide bonds. The summed E-state index contributed by atoms with van der Waals surface area (Å²) in [6.07, 6.45) is 0. The molecule has 10 aromatic carbocycles. The second kappa shape index (κ2) is 19.0. The third-order valence-electron chi connectivity index (χ3n) is 17.1. The summed E-state index contributed by atoms with van der Waals surface area (Å²) < 4.78 is 0. The first kappa shape index (κ1) is 51.0. The predicted octanol–water partition coefficient (Wildman–Crippen LogP) is 21.5. The van der Waals surface area contributed by atoms with E-state index in [2.05, 4.69) is 301 Å². The van der Waals surface area contributed by atoms with Gasteiger partial charge in [0.15, 0.2) is 0 Å². The highest BCUT2D eigenvalue weighted by molar-refractivity contribution is 5.93. The molecule has 0 aromatic heterocycles. The van der Waals surface area contributed by atoms with Crippen LogP contribution in [0.25, 0.3) is 77.9 Å². The molecule has 2 aliphatic rings. The van der Waals surface area contributed by atoms with Crippen LogP contribution in [0.5, 0.6) is 0 Å². The smallest absolute Gasteiger partial charge is 0.0364 e. The lowest BCUT2D eigenvalue weighted by molar-refractivity contribution is 0.589. The van der Waals surface area contributed by atoms with Gasteiger partial charge in [0.05, 0.1) is 0 Å². The van der Waals surface area contributed by atoms with Crippen molar-refractivity contribution in [2.24, 2.45) is 0 Å². The Hall–Kier alpha value is -7.80. The summed E-state index contributed by atoms with van der Waals surface area (Å²) in [5, 5.41) is 0. The van der Waals surface area contributed by atoms with E-state index in [-0.39, 0.29) is 33.5 Å². The van der Waals surface area contributed by atoms with Gasteiger partial charge in [-0.05, 0) is 173 Å². The highest BCUT2D eigenvalue weighted by atomic mass is 14.4. The number of fused-ring (bicyclic) bond motifs is 6. The molecule has 0 heteroatoms. The Balaban J connectivity index is 1.16. The molecule has 0 N–H and O–H groups in total. The van der Waals surface area contributed by atoms with E-state index in [4.69, 9.17) is 0 Å². The molecule has 0 atom stereocenters. The van der Waals surface area contributed by atoms with Crippen molar-refractivity contribution in [3.63, 3.8) is 0 Å². The molecule has 0 saturated carbocycles. The molecule has 10 aromatic rings. The van der Waals surface area contributed by atoms with Gasteiger partial charge >= 0.3 is 0 Å². The van der Waals surface area contributed by atoms with Gasteiger partial charge in [0.1, 0.15) is 0 Å². The summed E-state index contributed by atoms with van der Waals surface area (Å²) in [5.74, 6) is -0.0135. The average Bonchev–Trinajstić information content (AvgIpc) is 4.00. The topological polar surface area (TPSA) is 0 Å². The van der Waals surface area contributed by atoms with Gasteiger partial charge in [0.2, 0.25) is 0 Å². The molecular weight excluding hydrogens is 937 g/mol. The molecule has 0 radical (unpaired) electrons. The summed E-state index contributed by atoms with van der Waals surface area (Å²) in [5.41, 5.74) is 31.3. The van der Waals surface area contributed by atoms with Gasteiger partial charge in [-0.1, -0.05) is 283 Å². The Kier molecular flexibility index (Phi) is 12.4. The number of hydrogen-bond acceptors (Lipinski definition) is 0. The summed E-state index contributed by atoms with van der Waals surface area (Å²) in [6.45, 7) is 28.1. The lowest BCUT2D eigenvalue weighted by Crippen LogP contribution is -2.11. The molecule has 78 heavy (non-hydrogen) atoms. The fourth-order valence-corrected chi connectivity index (χ4v) is 12.7. The maximum Gasteiger partial charge on any atom is 0.0364 e. The van der Waals surface area contributed by atoms with Crippen LogP contribution in [-0.4, -0.2) is 0 Å². The Morgan fingerprint density at radius 3 is 0.744 bits per heavy atom. The average molecular weight is 1010 g/mol. The summed E-state index contributed by atoms with van der Waals surface area (Å²) in [4.78, 5) is 0. The lowest BCUT2D eigenvalue weighted by Gasteiger charge is -2.26. The second-order valence-electron chi connectivity index (χ2n) is 26.5. The zero-order valence-corrected chi connectivity index (χ0v) is 47.9. The van der Waals surface area contributed by atoms with Crippen LogP contribution in [0.1, 0.15) is 151 Å². The van der Waals surface area contributed by atoms with E-state index in [1.165, 1.54) is 134 Å². The van der Waals surface area contributed by atoms with Crippen molar-refractivity contribution in [3.05, 3.63) is 274 Å². The van der Waals surface area contributed by atoms with Gasteiger partial charge in [0.25, 0.3) is 0 Å². The fourth-order valence-electron chi connectivity index (χ4n) is 12.7. The van der Waals surface area contributed by atoms with E-state index in [0.29, 0.717) is 0 Å². The third-order valence-corrected chi connectivity index (χ3v) is 17.1. The second-order valence-corrected chi connectivity index (χ2v) is 26.5. The largest absolute Gasteiger partial charge is 0.0622 e. The molecule has 0 bridgehead atoms. The molecule has 12 rings (SSSR count). The maximum absolute atomic E-state index is 2.53. The van der Waals surface area contributed by atoms with Crippen molar-refractivity contribution >= 4 is 0 Å². The first-order chi connectivity index (χ1) is 37.2. The van der Waals surface area contributed by atoms with Crippen LogP contribution < -0.4 is 0 Å². The number of rotatable bonds is 7. The molecule has 0 spiro atoms. The first-order valence-electron chi connectivity index (χ1n) is 28.4. The van der Waals surface area contributed by atoms with Crippen LogP contribution in [0.3, 0.4) is 0 Å². The lowest BCUT2D eigenvalue weighted by atomic mass is 9.77. The fraction of sp³-hybridized carbons (Fsp3) is 0.231. The number of benzene rings is 10. The normalized spacial score (nSPS) is 13.5. The monoisotopic (exact) mass is 1010 g/mol. The van der Waals surface area contributed by atoms with Crippen molar-refractivity contribution in [2.45, 2.75) is 117 Å². The Labute approximate surface area is 466 Å². The van der Waals surface area contributed by atoms with Crippen LogP contribution in [0.4, 0.5) is 0 Å². The van der Waals surface area contributed by atoms with Gasteiger partial charge < -0.3 is 0 Å². The highest BCUT2D eigenvalue weighted by Gasteiger charge is 2.38. The molecule has 0 unspecified atom stereocenters. The predicted molar refractivity (Wildman–Crippen MR) is 334 cm³/mol. The van der Waals surface area contributed by atoms with Gasteiger partial charge in [0, 0.05) is 11.8 Å². The third kappa shape index (κ3) is 9.08. The Morgan fingerprint density at radius 2 is 0.462 bits per heavy atom. The molecule has 2 aliphatic carbocycles. The maximum atomic E-state index is 2.53. The van der Waals surface area contributed by atoms with Crippen LogP contribution in [0.15, 0.2) is 218 Å². The van der Waals surface area contributed by atoms with Crippen LogP contribution in [-0.2, 0) is 21.7 Å². The van der Waals surface area contributed by atoms with E-state index in [1.54, 1.807) is 0 Å². The van der Waals surface area contributed by atoms with Crippen molar-refractivity contribution in [2.75, 3.05) is 0 Å². The van der Waals surface area contributed by atoms with Gasteiger partial charge in [-0.15, -0.1) is 0 Å². The van der Waals surface area contributed by atoms with E-state index in [1.807, 2.05) is 0 Å². The highest BCUT2D eigenvalue weighted by Crippen LogP contribution is 2.57. The van der Waals surface area contributed by atoms with E-state index < -0.39 is 0 Å². The summed E-state index contributed by atoms with van der Waals surface area (Å²) in [6, 6.07) is 84.3. The van der Waals surface area contributed by atoms with Gasteiger partial charge in [-0.3, -0.25) is 0 Å². The van der Waals surface area contributed by atoms with Crippen LogP contribution >= 0.6 is 0 Å². The van der Waals surface area contributed by atoms with Crippen LogP contribution in [0, 0.1) is 0 Å². The SMILES string of the molecule is CC(C)(C)c1ccc2c(c1)-c1cc(C(C)(C)C)ccc1C2c1c(-c2ccccc2)cccc1-c1cc(-c2ccccc2)cc(-c2cccc(-c3ccccc3)c2C2c3ccc(C(C)(C)C)cc3-c3cc(C(C)(C)C)ccc32)c1. The molecule has 386 valence electrons. The molecule has 0 nitrogen and oxygen atoms in total. The standard InChI is InChI=1S/C78H74/c1-75(2,3)55-34-38-63-67(45-55)68-46-56(76(4,5)6)35-39-64(68)73(63)71-59(50-26-18-14-19-27-50)30-22-32-61(71)53-42-52(49-24-16-13-17-25-49)43-54(44-53)62-33-23-31-60(51-28-20-15-21-29-51)72(62)74-65-40-36-57(77(7,8)9)47-69(65)70-48-58(78(10,11)12)37-41-66(70)74/h13-48,73-74H,1-12H3. The van der Waals surface area contributed by atoms with Crippen LogP contribution in [0.2, 0.25) is 0 Å². The molecular formula is C78H74. The minimum Gasteiger partial charge on any atom is -0.0622 e. The molecule has 0 aliphatic heterocycles. The van der Waals surface area contributed by atoms with E-state index >= 15 is 0 Å². The summed E-state index contributed by atoms with van der Waals surface area (Å²) in [7, 11) is 0. The summed E-state index contributed by atoms with van der Waals surface area (Å²) >= 11 is 0. The van der Waals surface area contributed by atoms with Gasteiger partial charge in [-0.2, -0.15) is 0 Å². The van der Waals surface area contributed by atoms with E-state index in [9.17, 15) is 0 Å². The minimum atomic E-state index is -0.00675. The van der Waals surface area contributed by atoms with Crippen molar-refractivity contribution in [1.29, 1.82) is 0 Å². The van der Waals surface area contributed by atoms with Gasteiger partial charge in [-0.25, -0.2) is 0 Å². The minimum absolute atomic E-state index is 0.000356. The van der Waals surface area contributed by atoms with Crippen molar-refractivity contribution in [3.8, 4) is 77.9 Å². The Bertz CT molecular complexity index is 3550. The molecule has 0 saturated heterocycles. The Morgan fingerprint density at radius 1 is 0.205 bits per heavy atom. The van der Waals surface area contributed by atoms with Crippen molar-refractivity contribution < 1.29 is 0 Å². The quantitative estimate of drug-likeness (QED) is 0.149. The van der Waals surface area contributed by atoms with Crippen molar-refractivity contribution in [1.82, 2.24) is 0 Å².